The molecule has 2 N–H and O–H groups in total. The van der Waals surface area contributed by atoms with Crippen molar-refractivity contribution in [1.29, 1.82) is 5.26 Å². The summed E-state index contributed by atoms with van der Waals surface area (Å²) in [6, 6.07) is 6.37. The van der Waals surface area contributed by atoms with Crippen molar-refractivity contribution in [3.05, 3.63) is 29.6 Å². The van der Waals surface area contributed by atoms with Gasteiger partial charge < -0.3 is 15.4 Å². The van der Waals surface area contributed by atoms with Crippen LogP contribution >= 0.6 is 0 Å². The fraction of sp³-hybridized carbons (Fsp3) is 0.467. The van der Waals surface area contributed by atoms with Gasteiger partial charge in [-0.1, -0.05) is 0 Å². The summed E-state index contributed by atoms with van der Waals surface area (Å²) in [4.78, 5) is 14.6. The summed E-state index contributed by atoms with van der Waals surface area (Å²) in [5.41, 5.74) is 5.92. The molecule has 0 aliphatic carbocycles. The molecule has 1 saturated heterocycles. The molecule has 0 saturated carbocycles. The van der Waals surface area contributed by atoms with E-state index in [-0.39, 0.29) is 12.6 Å². The Balaban J connectivity index is 2.01. The predicted octanol–water partition coefficient (Wildman–Crippen LogP) is 0.320. The number of morpholine rings is 1. The molecular formula is C15H19FN4O2. The van der Waals surface area contributed by atoms with E-state index in [9.17, 15) is 9.18 Å². The van der Waals surface area contributed by atoms with Crippen molar-refractivity contribution in [3.8, 4) is 6.07 Å². The molecule has 22 heavy (non-hydrogen) atoms. The Morgan fingerprint density at radius 3 is 3.05 bits per heavy atom. The molecule has 6 nitrogen and oxygen atoms in total. The second-order valence-corrected chi connectivity index (χ2v) is 5.38. The van der Waals surface area contributed by atoms with E-state index in [1.165, 1.54) is 6.07 Å². The van der Waals surface area contributed by atoms with Gasteiger partial charge in [-0.25, -0.2) is 4.39 Å². The number of hydrogen-bond donors (Lipinski definition) is 1. The molecule has 1 aromatic rings. The second kappa shape index (κ2) is 7.20. The number of nitrogens with two attached hydrogens (primary N) is 1. The zero-order chi connectivity index (χ0) is 16.1. The van der Waals surface area contributed by atoms with Gasteiger partial charge in [-0.05, 0) is 25.2 Å². The zero-order valence-electron chi connectivity index (χ0n) is 12.5. The number of benzene rings is 1. The first-order valence-corrected chi connectivity index (χ1v) is 7.02. The number of rotatable bonds is 5. The van der Waals surface area contributed by atoms with Crippen LogP contribution < -0.4 is 10.6 Å². The largest absolute Gasteiger partial charge is 0.373 e. The van der Waals surface area contributed by atoms with Crippen LogP contribution in [0.2, 0.25) is 0 Å². The van der Waals surface area contributed by atoms with Crippen molar-refractivity contribution < 1.29 is 13.9 Å². The van der Waals surface area contributed by atoms with E-state index in [1.807, 2.05) is 11.0 Å². The highest BCUT2D eigenvalue weighted by molar-refractivity contribution is 5.75. The quantitative estimate of drug-likeness (QED) is 0.847. The highest BCUT2D eigenvalue weighted by Gasteiger charge is 2.24. The molecule has 1 atom stereocenters. The molecule has 1 amide bonds. The number of carbonyl (C=O) groups excluding carboxylic acids is 1. The highest BCUT2D eigenvalue weighted by Crippen LogP contribution is 2.22. The van der Waals surface area contributed by atoms with E-state index in [4.69, 9.17) is 15.7 Å². The van der Waals surface area contributed by atoms with Crippen LogP contribution in [-0.4, -0.2) is 56.7 Å². The molecule has 1 aliphatic heterocycles. The standard InChI is InChI=1S/C15H19FN4O2/c1-19(10-15(18)21)8-12-9-20(4-5-22-12)14-3-2-11(7-17)6-13(14)16/h2-3,6,12H,4-5,8-10H2,1H3,(H2,18,21). The summed E-state index contributed by atoms with van der Waals surface area (Å²) in [5.74, 6) is -0.807. The number of nitriles is 1. The summed E-state index contributed by atoms with van der Waals surface area (Å²) in [5, 5.41) is 8.78. The van der Waals surface area contributed by atoms with Gasteiger partial charge in [0.2, 0.25) is 5.91 Å². The van der Waals surface area contributed by atoms with Gasteiger partial charge in [0.25, 0.3) is 0 Å². The van der Waals surface area contributed by atoms with Gasteiger partial charge in [0.15, 0.2) is 0 Å². The van der Waals surface area contributed by atoms with Crippen LogP contribution in [0.15, 0.2) is 18.2 Å². The Morgan fingerprint density at radius 1 is 1.64 bits per heavy atom. The van der Waals surface area contributed by atoms with Crippen molar-refractivity contribution in [2.45, 2.75) is 6.10 Å². The molecule has 118 valence electrons. The number of hydrogen-bond acceptors (Lipinski definition) is 5. The molecule has 1 aliphatic rings. The molecule has 1 heterocycles. The Morgan fingerprint density at radius 2 is 2.41 bits per heavy atom. The number of nitrogens with zero attached hydrogens (tertiary/aromatic N) is 3. The Labute approximate surface area is 128 Å². The fourth-order valence-corrected chi connectivity index (χ4v) is 2.56. The Hall–Kier alpha value is -2.17. The lowest BCUT2D eigenvalue weighted by atomic mass is 10.1. The fourth-order valence-electron chi connectivity index (χ4n) is 2.56. The van der Waals surface area contributed by atoms with Crippen LogP contribution in [0.1, 0.15) is 5.56 Å². The first-order valence-electron chi connectivity index (χ1n) is 7.02. The second-order valence-electron chi connectivity index (χ2n) is 5.38. The number of halogens is 1. The maximum absolute atomic E-state index is 14.1. The van der Waals surface area contributed by atoms with E-state index >= 15 is 0 Å². The topological polar surface area (TPSA) is 82.6 Å². The lowest BCUT2D eigenvalue weighted by molar-refractivity contribution is -0.119. The van der Waals surface area contributed by atoms with Crippen molar-refractivity contribution in [2.75, 3.05) is 44.7 Å². The summed E-state index contributed by atoms with van der Waals surface area (Å²) in [7, 11) is 1.79. The van der Waals surface area contributed by atoms with Gasteiger partial charge in [0.1, 0.15) is 5.82 Å². The first kappa shape index (κ1) is 16.2. The third kappa shape index (κ3) is 4.16. The van der Waals surface area contributed by atoms with Gasteiger partial charge in [-0.3, -0.25) is 9.69 Å². The lowest BCUT2D eigenvalue weighted by Gasteiger charge is -2.36. The third-order valence-electron chi connectivity index (χ3n) is 3.50. The van der Waals surface area contributed by atoms with Crippen molar-refractivity contribution >= 4 is 11.6 Å². The molecular weight excluding hydrogens is 287 g/mol. The molecule has 1 aromatic carbocycles. The number of likely N-dealkylation sites (N-methyl/N-ethyl adjacent to an activating group) is 1. The van der Waals surface area contributed by atoms with E-state index in [2.05, 4.69) is 0 Å². The molecule has 7 heteroatoms. The lowest BCUT2D eigenvalue weighted by Crippen LogP contribution is -2.48. The number of primary amides is 1. The van der Waals surface area contributed by atoms with Crippen molar-refractivity contribution in [2.24, 2.45) is 5.73 Å². The summed E-state index contributed by atoms with van der Waals surface area (Å²) >= 11 is 0. The Kier molecular flexibility index (Phi) is 5.31. The van der Waals surface area contributed by atoms with Gasteiger partial charge in [-0.15, -0.1) is 0 Å². The van der Waals surface area contributed by atoms with E-state index in [0.717, 1.165) is 0 Å². The van der Waals surface area contributed by atoms with Crippen LogP contribution in [0.25, 0.3) is 0 Å². The van der Waals surface area contributed by atoms with E-state index < -0.39 is 11.7 Å². The zero-order valence-corrected chi connectivity index (χ0v) is 12.5. The maximum atomic E-state index is 14.1. The monoisotopic (exact) mass is 306 g/mol. The third-order valence-corrected chi connectivity index (χ3v) is 3.50. The Bertz CT molecular complexity index is 587. The molecule has 0 aromatic heterocycles. The van der Waals surface area contributed by atoms with Crippen LogP contribution in [-0.2, 0) is 9.53 Å². The van der Waals surface area contributed by atoms with E-state index in [0.29, 0.717) is 37.5 Å². The SMILES string of the molecule is CN(CC(N)=O)CC1CN(c2ccc(C#N)cc2F)CCO1. The molecule has 0 spiro atoms. The van der Waals surface area contributed by atoms with E-state index in [1.54, 1.807) is 24.1 Å². The molecule has 1 unspecified atom stereocenters. The number of carbonyl (C=O) groups is 1. The van der Waals surface area contributed by atoms with Crippen molar-refractivity contribution in [3.63, 3.8) is 0 Å². The molecule has 1 fully saturated rings. The molecule has 0 bridgehead atoms. The van der Waals surface area contributed by atoms with Gasteiger partial charge in [0, 0.05) is 19.6 Å². The maximum Gasteiger partial charge on any atom is 0.231 e. The molecule has 0 radical (unpaired) electrons. The predicted molar refractivity (Wildman–Crippen MR) is 79.8 cm³/mol. The van der Waals surface area contributed by atoms with Gasteiger partial charge >= 0.3 is 0 Å². The average Bonchev–Trinajstić information content (AvgIpc) is 2.46. The number of ether oxygens (including phenoxy) is 1. The minimum atomic E-state index is -0.412. The van der Waals surface area contributed by atoms with Crippen molar-refractivity contribution in [1.82, 2.24) is 4.90 Å². The minimum absolute atomic E-state index is 0.131. The number of amides is 1. The number of anilines is 1. The smallest absolute Gasteiger partial charge is 0.231 e. The van der Waals surface area contributed by atoms with Crippen LogP contribution in [0.4, 0.5) is 10.1 Å². The molecule has 2 rings (SSSR count). The van der Waals surface area contributed by atoms with Crippen LogP contribution in [0.3, 0.4) is 0 Å². The normalized spacial score (nSPS) is 18.3. The van der Waals surface area contributed by atoms with Crippen LogP contribution in [0.5, 0.6) is 0 Å². The minimum Gasteiger partial charge on any atom is -0.373 e. The summed E-state index contributed by atoms with van der Waals surface area (Å²) < 4.78 is 19.7. The van der Waals surface area contributed by atoms with Crippen LogP contribution in [0, 0.1) is 17.1 Å². The summed E-state index contributed by atoms with van der Waals surface area (Å²) in [6.45, 7) is 2.28. The average molecular weight is 306 g/mol. The highest BCUT2D eigenvalue weighted by atomic mass is 19.1. The summed E-state index contributed by atoms with van der Waals surface area (Å²) in [6.07, 6.45) is -0.131. The van der Waals surface area contributed by atoms with Gasteiger partial charge in [0.05, 0.1) is 36.6 Å². The van der Waals surface area contributed by atoms with Gasteiger partial charge in [-0.2, -0.15) is 5.26 Å². The first-order chi connectivity index (χ1) is 10.5.